The number of carbonyl (C=O) groups excluding carboxylic acids is 1. The molecule has 0 spiro atoms. The molecule has 25 heavy (non-hydrogen) atoms. The summed E-state index contributed by atoms with van der Waals surface area (Å²) in [5.74, 6) is 1.66. The Labute approximate surface area is 151 Å². The molecule has 0 bridgehead atoms. The molecule has 136 valence electrons. The third-order valence-electron chi connectivity index (χ3n) is 5.08. The van der Waals surface area contributed by atoms with E-state index in [1.807, 2.05) is 18.2 Å². The SMILES string of the molecule is COc1ccc(OC)c(C2CC2C(=O)NC2(C(=O)O)CCSCC2)c1. The Kier molecular flexibility index (Phi) is 5.13. The lowest BCUT2D eigenvalue weighted by Gasteiger charge is -2.33. The fourth-order valence-corrected chi connectivity index (χ4v) is 4.59. The van der Waals surface area contributed by atoms with Gasteiger partial charge in [-0.15, -0.1) is 0 Å². The number of carboxylic acid groups (broad SMARTS) is 1. The van der Waals surface area contributed by atoms with Gasteiger partial charge in [-0.05, 0) is 49.0 Å². The van der Waals surface area contributed by atoms with E-state index in [0.29, 0.717) is 25.0 Å². The summed E-state index contributed by atoms with van der Waals surface area (Å²) >= 11 is 1.73. The van der Waals surface area contributed by atoms with E-state index in [4.69, 9.17) is 9.47 Å². The predicted octanol–water partition coefficient (Wildman–Crippen LogP) is 2.27. The number of ether oxygens (including phenoxy) is 2. The summed E-state index contributed by atoms with van der Waals surface area (Å²) in [5, 5.41) is 12.4. The first-order valence-corrected chi connectivity index (χ1v) is 9.51. The lowest BCUT2D eigenvalue weighted by molar-refractivity contribution is -0.148. The Morgan fingerprint density at radius 1 is 1.24 bits per heavy atom. The molecule has 3 rings (SSSR count). The van der Waals surface area contributed by atoms with Crippen molar-refractivity contribution >= 4 is 23.6 Å². The summed E-state index contributed by atoms with van der Waals surface area (Å²) in [6.45, 7) is 0. The van der Waals surface area contributed by atoms with Crippen molar-refractivity contribution in [2.45, 2.75) is 30.7 Å². The van der Waals surface area contributed by atoms with Gasteiger partial charge in [0.1, 0.15) is 17.0 Å². The Bertz CT molecular complexity index is 671. The summed E-state index contributed by atoms with van der Waals surface area (Å²) in [6, 6.07) is 5.54. The molecule has 1 aliphatic heterocycles. The van der Waals surface area contributed by atoms with Crippen molar-refractivity contribution in [3.05, 3.63) is 23.8 Å². The van der Waals surface area contributed by atoms with Crippen molar-refractivity contribution in [2.24, 2.45) is 5.92 Å². The van der Waals surface area contributed by atoms with Gasteiger partial charge in [-0.1, -0.05) is 0 Å². The molecule has 7 heteroatoms. The molecule has 1 aliphatic carbocycles. The van der Waals surface area contributed by atoms with Crippen LogP contribution in [0.25, 0.3) is 0 Å². The van der Waals surface area contributed by atoms with Crippen molar-refractivity contribution in [1.82, 2.24) is 5.32 Å². The minimum Gasteiger partial charge on any atom is -0.497 e. The van der Waals surface area contributed by atoms with E-state index in [-0.39, 0.29) is 17.7 Å². The Morgan fingerprint density at radius 2 is 1.96 bits per heavy atom. The van der Waals surface area contributed by atoms with Crippen LogP contribution in [-0.4, -0.2) is 48.2 Å². The van der Waals surface area contributed by atoms with Crippen LogP contribution in [0.3, 0.4) is 0 Å². The molecular weight excluding hydrogens is 342 g/mol. The van der Waals surface area contributed by atoms with Crippen molar-refractivity contribution < 1.29 is 24.2 Å². The third-order valence-corrected chi connectivity index (χ3v) is 6.07. The molecule has 2 aliphatic rings. The first-order chi connectivity index (χ1) is 12.0. The average molecular weight is 365 g/mol. The molecule has 0 aromatic heterocycles. The number of aliphatic carboxylic acids is 1. The number of hydrogen-bond acceptors (Lipinski definition) is 5. The number of rotatable bonds is 6. The van der Waals surface area contributed by atoms with Crippen molar-refractivity contribution in [3.8, 4) is 11.5 Å². The van der Waals surface area contributed by atoms with Crippen molar-refractivity contribution in [2.75, 3.05) is 25.7 Å². The Hall–Kier alpha value is -1.89. The summed E-state index contributed by atoms with van der Waals surface area (Å²) in [5.41, 5.74) is -0.181. The van der Waals surface area contributed by atoms with Crippen LogP contribution in [0.1, 0.15) is 30.7 Å². The molecule has 2 N–H and O–H groups in total. The second-order valence-corrected chi connectivity index (χ2v) is 7.77. The monoisotopic (exact) mass is 365 g/mol. The first kappa shape index (κ1) is 17.9. The summed E-state index contributed by atoms with van der Waals surface area (Å²) in [4.78, 5) is 24.4. The van der Waals surface area contributed by atoms with E-state index in [0.717, 1.165) is 22.8 Å². The zero-order valence-electron chi connectivity index (χ0n) is 14.4. The molecule has 1 aromatic carbocycles. The van der Waals surface area contributed by atoms with E-state index in [9.17, 15) is 14.7 Å². The van der Waals surface area contributed by atoms with Crippen LogP contribution in [-0.2, 0) is 9.59 Å². The topological polar surface area (TPSA) is 84.9 Å². The standard InChI is InChI=1S/C18H23NO5S/c1-23-11-3-4-15(24-2)13(9-11)12-10-14(12)16(20)19-18(17(21)22)5-7-25-8-6-18/h3-4,9,12,14H,5-8,10H2,1-2H3,(H,19,20)(H,21,22). The van der Waals surface area contributed by atoms with Crippen LogP contribution in [0.5, 0.6) is 11.5 Å². The number of benzene rings is 1. The maximum atomic E-state index is 12.7. The van der Waals surface area contributed by atoms with Gasteiger partial charge in [-0.3, -0.25) is 4.79 Å². The van der Waals surface area contributed by atoms with Crippen LogP contribution < -0.4 is 14.8 Å². The normalized spacial score (nSPS) is 24.2. The zero-order valence-corrected chi connectivity index (χ0v) is 15.2. The fraction of sp³-hybridized carbons (Fsp3) is 0.556. The van der Waals surface area contributed by atoms with Gasteiger partial charge in [0.2, 0.25) is 5.91 Å². The van der Waals surface area contributed by atoms with Gasteiger partial charge in [0.05, 0.1) is 14.2 Å². The lowest BCUT2D eigenvalue weighted by atomic mass is 9.92. The average Bonchev–Trinajstić information content (AvgIpc) is 3.42. The molecule has 2 unspecified atom stereocenters. The van der Waals surface area contributed by atoms with E-state index in [1.165, 1.54) is 0 Å². The maximum Gasteiger partial charge on any atom is 0.329 e. The zero-order chi connectivity index (χ0) is 18.0. The summed E-state index contributed by atoms with van der Waals surface area (Å²) < 4.78 is 10.7. The third kappa shape index (κ3) is 3.56. The molecule has 0 radical (unpaired) electrons. The molecule has 1 amide bonds. The van der Waals surface area contributed by atoms with Gasteiger partial charge in [0.15, 0.2) is 0 Å². The first-order valence-electron chi connectivity index (χ1n) is 8.36. The highest BCUT2D eigenvalue weighted by molar-refractivity contribution is 7.99. The number of methoxy groups -OCH3 is 2. The smallest absolute Gasteiger partial charge is 0.329 e. The highest BCUT2D eigenvalue weighted by Gasteiger charge is 2.49. The number of hydrogen-bond donors (Lipinski definition) is 2. The second kappa shape index (κ2) is 7.15. The molecule has 2 atom stereocenters. The van der Waals surface area contributed by atoms with E-state index in [2.05, 4.69) is 5.32 Å². The molecular formula is C18H23NO5S. The van der Waals surface area contributed by atoms with Crippen LogP contribution in [0, 0.1) is 5.92 Å². The van der Waals surface area contributed by atoms with E-state index in [1.54, 1.807) is 26.0 Å². The second-order valence-electron chi connectivity index (χ2n) is 6.55. The van der Waals surface area contributed by atoms with Crippen LogP contribution in [0.2, 0.25) is 0 Å². The molecule has 6 nitrogen and oxygen atoms in total. The van der Waals surface area contributed by atoms with Gasteiger partial charge < -0.3 is 19.9 Å². The van der Waals surface area contributed by atoms with E-state index >= 15 is 0 Å². The Morgan fingerprint density at radius 3 is 2.56 bits per heavy atom. The number of carboxylic acids is 1. The van der Waals surface area contributed by atoms with Gasteiger partial charge in [0.25, 0.3) is 0 Å². The van der Waals surface area contributed by atoms with Gasteiger partial charge >= 0.3 is 5.97 Å². The fourth-order valence-electron chi connectivity index (χ4n) is 3.40. The molecule has 1 saturated carbocycles. The number of thioether (sulfide) groups is 1. The minimum atomic E-state index is -1.12. The minimum absolute atomic E-state index is 0.0360. The largest absolute Gasteiger partial charge is 0.497 e. The van der Waals surface area contributed by atoms with Crippen LogP contribution in [0.4, 0.5) is 0 Å². The predicted molar refractivity (Wildman–Crippen MR) is 95.5 cm³/mol. The van der Waals surface area contributed by atoms with Crippen LogP contribution in [0.15, 0.2) is 18.2 Å². The van der Waals surface area contributed by atoms with Gasteiger partial charge in [-0.25, -0.2) is 4.79 Å². The molecule has 2 fully saturated rings. The molecule has 1 aromatic rings. The Balaban J connectivity index is 1.73. The highest BCUT2D eigenvalue weighted by atomic mass is 32.2. The van der Waals surface area contributed by atoms with E-state index < -0.39 is 11.5 Å². The van der Waals surface area contributed by atoms with Gasteiger partial charge in [-0.2, -0.15) is 11.8 Å². The summed E-state index contributed by atoms with van der Waals surface area (Å²) in [6.07, 6.45) is 1.64. The van der Waals surface area contributed by atoms with Crippen molar-refractivity contribution in [3.63, 3.8) is 0 Å². The number of amides is 1. The van der Waals surface area contributed by atoms with Crippen LogP contribution >= 0.6 is 11.8 Å². The molecule has 1 heterocycles. The van der Waals surface area contributed by atoms with Crippen molar-refractivity contribution in [1.29, 1.82) is 0 Å². The number of carbonyl (C=O) groups is 2. The summed E-state index contributed by atoms with van der Waals surface area (Å²) in [7, 11) is 3.20. The maximum absolute atomic E-state index is 12.7. The molecule has 1 saturated heterocycles. The highest BCUT2D eigenvalue weighted by Crippen LogP contribution is 2.51. The number of nitrogens with one attached hydrogen (secondary N) is 1. The van der Waals surface area contributed by atoms with Gasteiger partial charge in [0, 0.05) is 17.4 Å². The quantitative estimate of drug-likeness (QED) is 0.804. The lowest BCUT2D eigenvalue weighted by Crippen LogP contribution is -2.57.